The van der Waals surface area contributed by atoms with Crippen LogP contribution in [0.4, 0.5) is 0 Å². The Hall–Kier alpha value is -0.900. The first-order chi connectivity index (χ1) is 8.90. The number of rotatable bonds is 7. The Kier molecular flexibility index (Phi) is 6.49. The molecule has 0 heterocycles. The van der Waals surface area contributed by atoms with Crippen LogP contribution in [-0.2, 0) is 4.74 Å². The van der Waals surface area contributed by atoms with Crippen molar-refractivity contribution in [3.63, 3.8) is 0 Å². The van der Waals surface area contributed by atoms with Crippen LogP contribution in [0.2, 0.25) is 0 Å². The molecule has 3 heteroatoms. The molecule has 19 heavy (non-hydrogen) atoms. The predicted octanol–water partition coefficient (Wildman–Crippen LogP) is 2.66. The van der Waals surface area contributed by atoms with Gasteiger partial charge in [0.15, 0.2) is 0 Å². The van der Waals surface area contributed by atoms with Gasteiger partial charge >= 0.3 is 0 Å². The topological polar surface area (TPSA) is 38.5 Å². The van der Waals surface area contributed by atoms with E-state index in [1.807, 2.05) is 0 Å². The molecule has 0 bridgehead atoms. The summed E-state index contributed by atoms with van der Waals surface area (Å²) in [5, 5.41) is 0. The minimum absolute atomic E-state index is 0.0599. The van der Waals surface area contributed by atoms with E-state index in [0.29, 0.717) is 6.10 Å². The lowest BCUT2D eigenvalue weighted by atomic mass is 9.99. The first-order valence-corrected chi connectivity index (χ1v) is 7.03. The molecule has 1 atom stereocenters. The van der Waals surface area contributed by atoms with Crippen LogP contribution in [0.3, 0.4) is 0 Å². The summed E-state index contributed by atoms with van der Waals surface area (Å²) in [6, 6.07) is 6.53. The van der Waals surface area contributed by atoms with Gasteiger partial charge < -0.3 is 15.4 Å². The van der Waals surface area contributed by atoms with Crippen molar-refractivity contribution in [3.8, 4) is 0 Å². The fourth-order valence-electron chi connectivity index (χ4n) is 2.21. The summed E-state index contributed by atoms with van der Waals surface area (Å²) < 4.78 is 5.56. The molecule has 0 aromatic heterocycles. The van der Waals surface area contributed by atoms with Gasteiger partial charge in [-0.05, 0) is 45.9 Å². The van der Waals surface area contributed by atoms with Crippen molar-refractivity contribution in [2.75, 3.05) is 26.7 Å². The Labute approximate surface area is 117 Å². The number of ether oxygens (including phenoxy) is 1. The van der Waals surface area contributed by atoms with Crippen molar-refractivity contribution < 1.29 is 4.74 Å². The van der Waals surface area contributed by atoms with Gasteiger partial charge in [0.1, 0.15) is 0 Å². The fourth-order valence-corrected chi connectivity index (χ4v) is 2.21. The van der Waals surface area contributed by atoms with Crippen molar-refractivity contribution in [1.82, 2.24) is 4.90 Å². The summed E-state index contributed by atoms with van der Waals surface area (Å²) in [6.45, 7) is 10.9. The number of hydrogen-bond donors (Lipinski definition) is 1. The molecular formula is C16H28N2O. The van der Waals surface area contributed by atoms with Crippen molar-refractivity contribution >= 4 is 0 Å². The van der Waals surface area contributed by atoms with Crippen molar-refractivity contribution in [2.24, 2.45) is 5.73 Å². The third-order valence-corrected chi connectivity index (χ3v) is 3.26. The van der Waals surface area contributed by atoms with Crippen LogP contribution < -0.4 is 5.73 Å². The van der Waals surface area contributed by atoms with Crippen molar-refractivity contribution in [3.05, 3.63) is 34.9 Å². The molecule has 0 aliphatic rings. The minimum atomic E-state index is 0.0599. The highest BCUT2D eigenvalue weighted by Crippen LogP contribution is 2.17. The molecule has 1 unspecified atom stereocenters. The van der Waals surface area contributed by atoms with E-state index in [-0.39, 0.29) is 6.04 Å². The SMILES string of the molecule is Cc1ccc(C(N)CN(C)CCOC(C)C)c(C)c1. The summed E-state index contributed by atoms with van der Waals surface area (Å²) in [6.07, 6.45) is 0.293. The monoisotopic (exact) mass is 264 g/mol. The van der Waals surface area contributed by atoms with Gasteiger partial charge in [-0.25, -0.2) is 0 Å². The third-order valence-electron chi connectivity index (χ3n) is 3.26. The quantitative estimate of drug-likeness (QED) is 0.823. The molecular weight excluding hydrogens is 236 g/mol. The molecule has 1 rings (SSSR count). The molecule has 1 aromatic carbocycles. The zero-order chi connectivity index (χ0) is 14.4. The lowest BCUT2D eigenvalue weighted by molar-refractivity contribution is 0.0629. The molecule has 0 saturated heterocycles. The Morgan fingerprint density at radius 2 is 1.95 bits per heavy atom. The van der Waals surface area contributed by atoms with Crippen molar-refractivity contribution in [1.29, 1.82) is 0 Å². The number of hydrogen-bond acceptors (Lipinski definition) is 3. The highest BCUT2D eigenvalue weighted by molar-refractivity contribution is 5.32. The Morgan fingerprint density at radius 1 is 1.26 bits per heavy atom. The van der Waals surface area contributed by atoms with E-state index in [0.717, 1.165) is 19.7 Å². The smallest absolute Gasteiger partial charge is 0.0596 e. The summed E-state index contributed by atoms with van der Waals surface area (Å²) in [5.74, 6) is 0. The van der Waals surface area contributed by atoms with Crippen LogP contribution in [0.15, 0.2) is 18.2 Å². The summed E-state index contributed by atoms with van der Waals surface area (Å²) in [7, 11) is 2.09. The van der Waals surface area contributed by atoms with Crippen LogP contribution in [0.25, 0.3) is 0 Å². The fraction of sp³-hybridized carbons (Fsp3) is 0.625. The summed E-state index contributed by atoms with van der Waals surface area (Å²) in [5.41, 5.74) is 10.1. The van der Waals surface area contributed by atoms with E-state index in [4.69, 9.17) is 10.5 Å². The Balaban J connectivity index is 2.47. The summed E-state index contributed by atoms with van der Waals surface area (Å²) in [4.78, 5) is 2.23. The highest BCUT2D eigenvalue weighted by Gasteiger charge is 2.11. The second-order valence-corrected chi connectivity index (χ2v) is 5.65. The number of nitrogens with two attached hydrogens (primary N) is 1. The van der Waals surface area contributed by atoms with Gasteiger partial charge in [-0.2, -0.15) is 0 Å². The van der Waals surface area contributed by atoms with E-state index >= 15 is 0 Å². The van der Waals surface area contributed by atoms with Crippen LogP contribution in [0.5, 0.6) is 0 Å². The molecule has 2 N–H and O–H groups in total. The van der Waals surface area contributed by atoms with Gasteiger partial charge in [0.2, 0.25) is 0 Å². The second-order valence-electron chi connectivity index (χ2n) is 5.65. The van der Waals surface area contributed by atoms with Crippen LogP contribution in [0, 0.1) is 13.8 Å². The maximum absolute atomic E-state index is 6.30. The van der Waals surface area contributed by atoms with Gasteiger partial charge in [-0.1, -0.05) is 23.8 Å². The van der Waals surface area contributed by atoms with Crippen LogP contribution >= 0.6 is 0 Å². The molecule has 3 nitrogen and oxygen atoms in total. The zero-order valence-corrected chi connectivity index (χ0v) is 12.9. The maximum atomic E-state index is 6.30. The average molecular weight is 264 g/mol. The van der Waals surface area contributed by atoms with E-state index < -0.39 is 0 Å². The number of aryl methyl sites for hydroxylation is 2. The molecule has 1 aromatic rings. The maximum Gasteiger partial charge on any atom is 0.0596 e. The molecule has 0 fully saturated rings. The lowest BCUT2D eigenvalue weighted by Gasteiger charge is -2.23. The Morgan fingerprint density at radius 3 is 2.53 bits per heavy atom. The number of likely N-dealkylation sites (N-methyl/N-ethyl adjacent to an activating group) is 1. The molecule has 108 valence electrons. The first kappa shape index (κ1) is 16.2. The van der Waals surface area contributed by atoms with Crippen LogP contribution in [-0.4, -0.2) is 37.7 Å². The second kappa shape index (κ2) is 7.63. The van der Waals surface area contributed by atoms with Crippen LogP contribution in [0.1, 0.15) is 36.6 Å². The third kappa shape index (κ3) is 5.72. The molecule has 0 radical (unpaired) electrons. The molecule has 0 saturated carbocycles. The van der Waals surface area contributed by atoms with Gasteiger partial charge in [0, 0.05) is 19.1 Å². The average Bonchev–Trinajstić information content (AvgIpc) is 2.27. The number of benzene rings is 1. The van der Waals surface area contributed by atoms with E-state index in [9.17, 15) is 0 Å². The molecule has 0 spiro atoms. The van der Waals surface area contributed by atoms with E-state index in [1.54, 1.807) is 0 Å². The lowest BCUT2D eigenvalue weighted by Crippen LogP contribution is -2.32. The van der Waals surface area contributed by atoms with E-state index in [2.05, 4.69) is 57.8 Å². The highest BCUT2D eigenvalue weighted by atomic mass is 16.5. The predicted molar refractivity (Wildman–Crippen MR) is 81.4 cm³/mol. The summed E-state index contributed by atoms with van der Waals surface area (Å²) >= 11 is 0. The van der Waals surface area contributed by atoms with Gasteiger partial charge in [0.25, 0.3) is 0 Å². The van der Waals surface area contributed by atoms with Crippen molar-refractivity contribution in [2.45, 2.75) is 39.8 Å². The zero-order valence-electron chi connectivity index (χ0n) is 12.9. The Bertz CT molecular complexity index is 390. The molecule has 0 aliphatic carbocycles. The standard InChI is InChI=1S/C16H28N2O/c1-12(2)19-9-8-18(5)11-16(17)15-7-6-13(3)10-14(15)4/h6-7,10,12,16H,8-9,11,17H2,1-5H3. The molecule has 0 amide bonds. The number of nitrogens with zero attached hydrogens (tertiary/aromatic N) is 1. The normalized spacial score (nSPS) is 13.3. The molecule has 0 aliphatic heterocycles. The van der Waals surface area contributed by atoms with Gasteiger partial charge in [0.05, 0.1) is 12.7 Å². The largest absolute Gasteiger partial charge is 0.377 e. The van der Waals surface area contributed by atoms with Gasteiger partial charge in [-0.15, -0.1) is 0 Å². The minimum Gasteiger partial charge on any atom is -0.377 e. The van der Waals surface area contributed by atoms with Gasteiger partial charge in [-0.3, -0.25) is 0 Å². The van der Waals surface area contributed by atoms with E-state index in [1.165, 1.54) is 16.7 Å². The first-order valence-electron chi connectivity index (χ1n) is 7.03.